The SMILES string of the molecule is COCOC(=O)C1CC2OC1C1C3C=CC(C3)C21. The second kappa shape index (κ2) is 3.81. The molecule has 0 N–H and O–H groups in total. The molecule has 2 saturated heterocycles. The molecule has 4 rings (SSSR count). The highest BCUT2D eigenvalue weighted by molar-refractivity contribution is 5.74. The molecule has 4 heteroatoms. The molecule has 2 heterocycles. The van der Waals surface area contributed by atoms with Gasteiger partial charge in [0.05, 0.1) is 18.1 Å². The molecule has 98 valence electrons. The fourth-order valence-corrected chi connectivity index (χ4v) is 4.68. The summed E-state index contributed by atoms with van der Waals surface area (Å²) >= 11 is 0. The maximum absolute atomic E-state index is 12.0. The van der Waals surface area contributed by atoms with Gasteiger partial charge in [0.2, 0.25) is 0 Å². The van der Waals surface area contributed by atoms with Crippen LogP contribution in [0.1, 0.15) is 12.8 Å². The Bertz CT molecular complexity index is 405. The van der Waals surface area contributed by atoms with Crippen molar-refractivity contribution in [3.05, 3.63) is 12.2 Å². The summed E-state index contributed by atoms with van der Waals surface area (Å²) in [5.74, 6) is 2.34. The van der Waals surface area contributed by atoms with Crippen LogP contribution in [0, 0.1) is 29.6 Å². The number of carbonyl (C=O) groups is 1. The third-order valence-corrected chi connectivity index (χ3v) is 5.23. The van der Waals surface area contributed by atoms with E-state index in [0.29, 0.717) is 23.7 Å². The van der Waals surface area contributed by atoms with Crippen LogP contribution in [-0.4, -0.2) is 32.1 Å². The van der Waals surface area contributed by atoms with Gasteiger partial charge in [-0.2, -0.15) is 0 Å². The Morgan fingerprint density at radius 1 is 1.28 bits per heavy atom. The van der Waals surface area contributed by atoms with E-state index in [2.05, 4.69) is 12.2 Å². The molecule has 2 aliphatic heterocycles. The van der Waals surface area contributed by atoms with Crippen LogP contribution in [0.2, 0.25) is 0 Å². The Balaban J connectivity index is 1.52. The molecule has 0 radical (unpaired) electrons. The van der Waals surface area contributed by atoms with Gasteiger partial charge in [0.15, 0.2) is 6.79 Å². The van der Waals surface area contributed by atoms with Crippen LogP contribution in [0.5, 0.6) is 0 Å². The van der Waals surface area contributed by atoms with E-state index >= 15 is 0 Å². The predicted octanol–water partition coefficient (Wildman–Crippen LogP) is 1.36. The Hall–Kier alpha value is -0.870. The van der Waals surface area contributed by atoms with Crippen molar-refractivity contribution in [2.24, 2.45) is 29.6 Å². The van der Waals surface area contributed by atoms with E-state index in [9.17, 15) is 4.79 Å². The van der Waals surface area contributed by atoms with Crippen molar-refractivity contribution >= 4 is 5.97 Å². The number of fused-ring (bicyclic) bond motifs is 9. The summed E-state index contributed by atoms with van der Waals surface area (Å²) in [7, 11) is 1.53. The molecule has 2 aliphatic carbocycles. The lowest BCUT2D eigenvalue weighted by Gasteiger charge is -2.32. The summed E-state index contributed by atoms with van der Waals surface area (Å²) < 4.78 is 15.9. The highest BCUT2D eigenvalue weighted by Crippen LogP contribution is 2.61. The van der Waals surface area contributed by atoms with E-state index in [1.165, 1.54) is 13.5 Å². The van der Waals surface area contributed by atoms with E-state index < -0.39 is 0 Å². The largest absolute Gasteiger partial charge is 0.438 e. The zero-order valence-electron chi connectivity index (χ0n) is 10.5. The van der Waals surface area contributed by atoms with Crippen LogP contribution < -0.4 is 0 Å². The van der Waals surface area contributed by atoms with Crippen LogP contribution in [0.3, 0.4) is 0 Å². The van der Waals surface area contributed by atoms with Crippen molar-refractivity contribution in [3.8, 4) is 0 Å². The Labute approximate surface area is 106 Å². The van der Waals surface area contributed by atoms with E-state index in [4.69, 9.17) is 14.2 Å². The minimum Gasteiger partial charge on any atom is -0.438 e. The number of hydrogen-bond donors (Lipinski definition) is 0. The van der Waals surface area contributed by atoms with Crippen LogP contribution in [0.15, 0.2) is 12.2 Å². The average molecular weight is 250 g/mol. The average Bonchev–Trinajstić information content (AvgIpc) is 3.10. The summed E-state index contributed by atoms with van der Waals surface area (Å²) in [6, 6.07) is 0. The molecule has 7 unspecified atom stereocenters. The maximum atomic E-state index is 12.0. The fourth-order valence-electron chi connectivity index (χ4n) is 4.68. The van der Waals surface area contributed by atoms with Gasteiger partial charge >= 0.3 is 5.97 Å². The van der Waals surface area contributed by atoms with Gasteiger partial charge in [0, 0.05) is 7.11 Å². The number of allylic oxidation sites excluding steroid dienone is 2. The molecule has 0 amide bonds. The van der Waals surface area contributed by atoms with E-state index in [-0.39, 0.29) is 30.9 Å². The third-order valence-electron chi connectivity index (χ3n) is 5.23. The van der Waals surface area contributed by atoms with Crippen molar-refractivity contribution in [1.82, 2.24) is 0 Å². The molecular formula is C14H18O4. The quantitative estimate of drug-likeness (QED) is 0.431. The summed E-state index contributed by atoms with van der Waals surface area (Å²) in [5, 5.41) is 0. The number of rotatable bonds is 3. The Morgan fingerprint density at radius 3 is 2.83 bits per heavy atom. The number of esters is 1. The second-order valence-electron chi connectivity index (χ2n) is 5.95. The number of ether oxygens (including phenoxy) is 3. The van der Waals surface area contributed by atoms with Gasteiger partial charge in [-0.3, -0.25) is 4.79 Å². The highest BCUT2D eigenvalue weighted by Gasteiger charge is 2.64. The number of hydrogen-bond acceptors (Lipinski definition) is 4. The van der Waals surface area contributed by atoms with Gasteiger partial charge < -0.3 is 14.2 Å². The number of methoxy groups -OCH3 is 1. The summed E-state index contributed by atoms with van der Waals surface area (Å²) in [6.07, 6.45) is 7.16. The fraction of sp³-hybridized carbons (Fsp3) is 0.786. The summed E-state index contributed by atoms with van der Waals surface area (Å²) in [4.78, 5) is 12.0. The Kier molecular flexibility index (Phi) is 2.33. The molecule has 4 nitrogen and oxygen atoms in total. The maximum Gasteiger partial charge on any atom is 0.313 e. The standard InChI is InChI=1S/C14H18O4/c1-16-6-17-14(15)9-5-10-11-7-2-3-8(4-7)12(11)13(9)18-10/h2-3,7-13H,4-6H2,1H3. The molecule has 0 aromatic carbocycles. The Morgan fingerprint density at radius 2 is 2.06 bits per heavy atom. The molecular weight excluding hydrogens is 232 g/mol. The van der Waals surface area contributed by atoms with Crippen molar-refractivity contribution < 1.29 is 19.0 Å². The lowest BCUT2D eigenvalue weighted by molar-refractivity contribution is -0.161. The highest BCUT2D eigenvalue weighted by atomic mass is 16.7. The minimum absolute atomic E-state index is 0.0484. The molecule has 0 spiro atoms. The van der Waals surface area contributed by atoms with Gasteiger partial charge in [0.25, 0.3) is 0 Å². The van der Waals surface area contributed by atoms with Crippen molar-refractivity contribution in [2.45, 2.75) is 25.0 Å². The van der Waals surface area contributed by atoms with Crippen molar-refractivity contribution in [3.63, 3.8) is 0 Å². The van der Waals surface area contributed by atoms with Gasteiger partial charge in [-0.1, -0.05) is 12.2 Å². The van der Waals surface area contributed by atoms with Crippen LogP contribution >= 0.6 is 0 Å². The van der Waals surface area contributed by atoms with Gasteiger partial charge in [-0.25, -0.2) is 0 Å². The van der Waals surface area contributed by atoms with Crippen molar-refractivity contribution in [1.29, 1.82) is 0 Å². The van der Waals surface area contributed by atoms with E-state index in [0.717, 1.165) is 6.42 Å². The topological polar surface area (TPSA) is 44.8 Å². The molecule has 4 bridgehead atoms. The molecule has 3 fully saturated rings. The second-order valence-corrected chi connectivity index (χ2v) is 5.95. The molecule has 0 aromatic rings. The zero-order chi connectivity index (χ0) is 12.3. The first-order valence-corrected chi connectivity index (χ1v) is 6.79. The molecule has 18 heavy (non-hydrogen) atoms. The molecule has 7 atom stereocenters. The van der Waals surface area contributed by atoms with Gasteiger partial charge in [0.1, 0.15) is 0 Å². The number of carbonyl (C=O) groups excluding carboxylic acids is 1. The smallest absolute Gasteiger partial charge is 0.313 e. The lowest BCUT2D eigenvalue weighted by Crippen LogP contribution is -2.39. The first kappa shape index (κ1) is 11.0. The van der Waals surface area contributed by atoms with E-state index in [1.807, 2.05) is 0 Å². The first-order valence-electron chi connectivity index (χ1n) is 6.79. The molecule has 1 saturated carbocycles. The first-order chi connectivity index (χ1) is 8.79. The zero-order valence-corrected chi connectivity index (χ0v) is 10.5. The lowest BCUT2D eigenvalue weighted by atomic mass is 9.69. The van der Waals surface area contributed by atoms with Gasteiger partial charge in [-0.15, -0.1) is 0 Å². The van der Waals surface area contributed by atoms with Crippen molar-refractivity contribution in [2.75, 3.05) is 13.9 Å². The van der Waals surface area contributed by atoms with Gasteiger partial charge in [-0.05, 0) is 36.5 Å². The summed E-state index contributed by atoms with van der Waals surface area (Å²) in [6.45, 7) is 0.0484. The minimum atomic E-state index is -0.144. The molecule has 4 aliphatic rings. The van der Waals surface area contributed by atoms with Crippen LogP contribution in [-0.2, 0) is 19.0 Å². The molecule has 0 aromatic heterocycles. The summed E-state index contributed by atoms with van der Waals surface area (Å²) in [5.41, 5.74) is 0. The van der Waals surface area contributed by atoms with Crippen LogP contribution in [0.4, 0.5) is 0 Å². The van der Waals surface area contributed by atoms with E-state index in [1.54, 1.807) is 0 Å². The normalized spacial score (nSPS) is 50.8. The van der Waals surface area contributed by atoms with Crippen LogP contribution in [0.25, 0.3) is 0 Å². The monoisotopic (exact) mass is 250 g/mol. The predicted molar refractivity (Wildman–Crippen MR) is 62.5 cm³/mol. The third kappa shape index (κ3) is 1.30.